The minimum absolute atomic E-state index is 0.137. The second kappa shape index (κ2) is 29.9. The van der Waals surface area contributed by atoms with Gasteiger partial charge in [0.05, 0.1) is 13.0 Å². The standard InChI is InChI=1S/C39H65O13P/c1-3-5-7-9-11-13-14-15-16-17-18-20-22-24-26-28-33(41)51-31(29-49-32(40)27-25-23-21-19-12-10-8-6-4-2)30-50-53(47,48)52-39-37(45)35(43)34(42)36(44)38(39)46/h5,7,11,13,15-16,18,20,24,26,31,34-39,42-46H,3-4,6,8-10,12,14,17,19,21-23,25,27-30H2,1-2H3,(H,47,48)/b7-5-,13-11-,16-15-,20-18-,26-24-. The van der Waals surface area contributed by atoms with Gasteiger partial charge in [-0.25, -0.2) is 4.57 Å². The molecule has 6 atom stereocenters. The van der Waals surface area contributed by atoms with Gasteiger partial charge in [0.25, 0.3) is 0 Å². The van der Waals surface area contributed by atoms with Crippen LogP contribution in [0.5, 0.6) is 0 Å². The number of esters is 2. The Morgan fingerprint density at radius 3 is 1.57 bits per heavy atom. The highest BCUT2D eigenvalue weighted by atomic mass is 31.2. The fourth-order valence-electron chi connectivity index (χ4n) is 5.30. The van der Waals surface area contributed by atoms with Gasteiger partial charge in [-0.3, -0.25) is 18.6 Å². The molecule has 6 unspecified atom stereocenters. The molecule has 0 amide bonds. The summed E-state index contributed by atoms with van der Waals surface area (Å²) in [6.45, 7) is 3.02. The van der Waals surface area contributed by atoms with E-state index in [1.165, 1.54) is 25.7 Å². The Hall–Kier alpha value is -2.45. The lowest BCUT2D eigenvalue weighted by molar-refractivity contribution is -0.220. The van der Waals surface area contributed by atoms with Crippen LogP contribution in [0.25, 0.3) is 0 Å². The summed E-state index contributed by atoms with van der Waals surface area (Å²) in [6.07, 6.45) is 20.5. The zero-order chi connectivity index (χ0) is 39.3. The van der Waals surface area contributed by atoms with Gasteiger partial charge in [-0.05, 0) is 38.5 Å². The number of allylic oxidation sites excluding steroid dienone is 9. The largest absolute Gasteiger partial charge is 0.472 e. The van der Waals surface area contributed by atoms with Crippen molar-refractivity contribution >= 4 is 19.8 Å². The van der Waals surface area contributed by atoms with E-state index in [1.807, 2.05) is 12.2 Å². The number of ether oxygens (including phenoxy) is 2. The summed E-state index contributed by atoms with van der Waals surface area (Å²) >= 11 is 0. The number of carbonyl (C=O) groups is 2. The van der Waals surface area contributed by atoms with Crippen LogP contribution in [0.4, 0.5) is 0 Å². The molecule has 0 aliphatic heterocycles. The zero-order valence-corrected chi connectivity index (χ0v) is 32.4. The average Bonchev–Trinajstić information content (AvgIpc) is 3.13. The molecule has 0 saturated heterocycles. The van der Waals surface area contributed by atoms with Crippen LogP contribution >= 0.6 is 7.82 Å². The van der Waals surface area contributed by atoms with Crippen molar-refractivity contribution < 1.29 is 63.1 Å². The maximum absolute atomic E-state index is 12.7. The van der Waals surface area contributed by atoms with Gasteiger partial charge in [-0.15, -0.1) is 0 Å². The molecule has 1 fully saturated rings. The topological polar surface area (TPSA) is 210 Å². The van der Waals surface area contributed by atoms with Crippen LogP contribution < -0.4 is 0 Å². The third-order valence-electron chi connectivity index (χ3n) is 8.41. The first-order valence-corrected chi connectivity index (χ1v) is 20.6. The Kier molecular flexibility index (Phi) is 27.4. The number of unbranched alkanes of at least 4 members (excludes halogenated alkanes) is 8. The number of phosphoric acid groups is 1. The van der Waals surface area contributed by atoms with Gasteiger partial charge < -0.3 is 39.9 Å². The molecule has 0 bridgehead atoms. The van der Waals surface area contributed by atoms with E-state index in [2.05, 4.69) is 50.3 Å². The van der Waals surface area contributed by atoms with Gasteiger partial charge in [0, 0.05) is 6.42 Å². The number of carbonyl (C=O) groups excluding carboxylic acids is 2. The van der Waals surface area contributed by atoms with Crippen LogP contribution in [0.15, 0.2) is 60.8 Å². The van der Waals surface area contributed by atoms with E-state index in [-0.39, 0.29) is 12.8 Å². The van der Waals surface area contributed by atoms with E-state index < -0.39 is 75.7 Å². The Morgan fingerprint density at radius 2 is 1.06 bits per heavy atom. The number of rotatable bonds is 29. The highest BCUT2D eigenvalue weighted by Gasteiger charge is 2.51. The van der Waals surface area contributed by atoms with Gasteiger partial charge in [0.2, 0.25) is 0 Å². The zero-order valence-electron chi connectivity index (χ0n) is 31.5. The second-order valence-electron chi connectivity index (χ2n) is 13.1. The van der Waals surface area contributed by atoms with E-state index >= 15 is 0 Å². The molecule has 1 aliphatic rings. The van der Waals surface area contributed by atoms with Crippen LogP contribution in [0, 0.1) is 0 Å². The molecule has 6 N–H and O–H groups in total. The van der Waals surface area contributed by atoms with E-state index in [4.69, 9.17) is 18.5 Å². The molecule has 0 heterocycles. The molecule has 1 aliphatic carbocycles. The summed E-state index contributed by atoms with van der Waals surface area (Å²) in [7, 11) is -5.13. The summed E-state index contributed by atoms with van der Waals surface area (Å²) in [5, 5.41) is 49.9. The quantitative estimate of drug-likeness (QED) is 0.0229. The van der Waals surface area contributed by atoms with Gasteiger partial charge in [-0.1, -0.05) is 126 Å². The van der Waals surface area contributed by atoms with E-state index in [0.29, 0.717) is 12.8 Å². The summed E-state index contributed by atoms with van der Waals surface area (Å²) in [4.78, 5) is 35.3. The van der Waals surface area contributed by atoms with Crippen molar-refractivity contribution in [1.29, 1.82) is 0 Å². The molecule has 1 saturated carbocycles. The highest BCUT2D eigenvalue weighted by Crippen LogP contribution is 2.47. The third kappa shape index (κ3) is 23.2. The molecule has 53 heavy (non-hydrogen) atoms. The Bertz CT molecular complexity index is 1170. The number of aliphatic hydroxyl groups is 5. The predicted molar refractivity (Wildman–Crippen MR) is 202 cm³/mol. The number of hydrogen-bond donors (Lipinski definition) is 6. The fourth-order valence-corrected chi connectivity index (χ4v) is 6.27. The van der Waals surface area contributed by atoms with E-state index in [9.17, 15) is 44.6 Å². The van der Waals surface area contributed by atoms with E-state index in [0.717, 1.165) is 51.4 Å². The molecule has 0 aromatic rings. The molecule has 304 valence electrons. The van der Waals surface area contributed by atoms with Crippen molar-refractivity contribution in [2.24, 2.45) is 0 Å². The summed E-state index contributed by atoms with van der Waals surface area (Å²) in [5.74, 6) is -1.26. The Balaban J connectivity index is 2.63. The molecule has 1 rings (SSSR count). The monoisotopic (exact) mass is 772 g/mol. The lowest BCUT2D eigenvalue weighted by atomic mass is 9.85. The Labute approximate surface area is 315 Å². The van der Waals surface area contributed by atoms with Gasteiger partial charge in [0.1, 0.15) is 43.2 Å². The first-order chi connectivity index (χ1) is 25.4. The SMILES string of the molecule is CC/C=C\C/C=C\C/C=C\C/C=C\C/C=C\CC(=O)OC(COC(=O)CCCCCCCCCCC)COP(=O)(O)OC1C(O)C(O)C(O)C(O)C1O. The number of phosphoric ester groups is 1. The molecule has 0 aromatic carbocycles. The molecule has 14 heteroatoms. The number of aliphatic hydroxyl groups excluding tert-OH is 5. The van der Waals surface area contributed by atoms with Crippen molar-refractivity contribution in [1.82, 2.24) is 0 Å². The average molecular weight is 773 g/mol. The minimum Gasteiger partial charge on any atom is -0.462 e. The minimum atomic E-state index is -5.13. The fraction of sp³-hybridized carbons (Fsp3) is 0.692. The summed E-state index contributed by atoms with van der Waals surface area (Å²) in [6, 6.07) is 0. The van der Waals surface area contributed by atoms with Crippen molar-refractivity contribution in [3.8, 4) is 0 Å². The maximum atomic E-state index is 12.7. The highest BCUT2D eigenvalue weighted by molar-refractivity contribution is 7.47. The van der Waals surface area contributed by atoms with Gasteiger partial charge >= 0.3 is 19.8 Å². The summed E-state index contributed by atoms with van der Waals surface area (Å²) < 4.78 is 33.1. The van der Waals surface area contributed by atoms with Gasteiger partial charge in [-0.2, -0.15) is 0 Å². The van der Waals surface area contributed by atoms with E-state index in [1.54, 1.807) is 12.2 Å². The summed E-state index contributed by atoms with van der Waals surface area (Å²) in [5.41, 5.74) is 0. The molecule has 13 nitrogen and oxygen atoms in total. The lowest BCUT2D eigenvalue weighted by Gasteiger charge is -2.41. The van der Waals surface area contributed by atoms with Crippen LogP contribution in [-0.4, -0.2) is 98.3 Å². The van der Waals surface area contributed by atoms with Crippen molar-refractivity contribution in [3.05, 3.63) is 60.8 Å². The molecule has 0 aromatic heterocycles. The number of hydrogen-bond acceptors (Lipinski definition) is 12. The van der Waals surface area contributed by atoms with Crippen molar-refractivity contribution in [2.75, 3.05) is 13.2 Å². The first-order valence-electron chi connectivity index (χ1n) is 19.1. The smallest absolute Gasteiger partial charge is 0.462 e. The lowest BCUT2D eigenvalue weighted by Crippen LogP contribution is -2.64. The van der Waals surface area contributed by atoms with Crippen LogP contribution in [0.1, 0.15) is 117 Å². The van der Waals surface area contributed by atoms with Crippen LogP contribution in [0.3, 0.4) is 0 Å². The molecule has 0 spiro atoms. The van der Waals surface area contributed by atoms with Crippen LogP contribution in [-0.2, 0) is 32.7 Å². The molecular formula is C39H65O13P. The van der Waals surface area contributed by atoms with Crippen molar-refractivity contribution in [3.63, 3.8) is 0 Å². The van der Waals surface area contributed by atoms with Gasteiger partial charge in [0.15, 0.2) is 6.10 Å². The first kappa shape index (κ1) is 48.6. The maximum Gasteiger partial charge on any atom is 0.472 e. The second-order valence-corrected chi connectivity index (χ2v) is 14.5. The normalized spacial score (nSPS) is 24.2. The molecule has 0 radical (unpaired) electrons. The molecular weight excluding hydrogens is 707 g/mol. The van der Waals surface area contributed by atoms with Crippen molar-refractivity contribution in [2.45, 2.75) is 159 Å². The Morgan fingerprint density at radius 1 is 0.604 bits per heavy atom. The third-order valence-corrected chi connectivity index (χ3v) is 9.39. The van der Waals surface area contributed by atoms with Crippen LogP contribution in [0.2, 0.25) is 0 Å². The predicted octanol–water partition coefficient (Wildman–Crippen LogP) is 5.82.